The standard InChI is InChI=1S/C20H23FN2O2/c1-25-18-8-6-17(7-9-18)20(24)23-14-12-22(13-15-23)11-10-16-4-2-3-5-19(16)21/h2-9H,10-15H2,1H3. The summed E-state index contributed by atoms with van der Waals surface area (Å²) in [6.45, 7) is 3.84. The number of benzene rings is 2. The highest BCUT2D eigenvalue weighted by Crippen LogP contribution is 2.15. The molecule has 0 bridgehead atoms. The molecule has 4 nitrogen and oxygen atoms in total. The number of piperazine rings is 1. The van der Waals surface area contributed by atoms with Gasteiger partial charge in [-0.05, 0) is 42.3 Å². The Morgan fingerprint density at radius 2 is 1.72 bits per heavy atom. The van der Waals surface area contributed by atoms with Crippen LogP contribution in [0.5, 0.6) is 5.75 Å². The molecule has 3 rings (SSSR count). The second-order valence-electron chi connectivity index (χ2n) is 6.20. The number of halogens is 1. The van der Waals surface area contributed by atoms with Crippen LogP contribution in [0.25, 0.3) is 0 Å². The Balaban J connectivity index is 1.49. The lowest BCUT2D eigenvalue weighted by Gasteiger charge is -2.34. The summed E-state index contributed by atoms with van der Waals surface area (Å²) < 4.78 is 18.8. The maximum absolute atomic E-state index is 13.7. The largest absolute Gasteiger partial charge is 0.497 e. The van der Waals surface area contributed by atoms with Crippen molar-refractivity contribution in [2.24, 2.45) is 0 Å². The number of methoxy groups -OCH3 is 1. The molecule has 0 N–H and O–H groups in total. The molecule has 132 valence electrons. The van der Waals surface area contributed by atoms with Crippen molar-refractivity contribution in [2.45, 2.75) is 6.42 Å². The minimum absolute atomic E-state index is 0.0522. The van der Waals surface area contributed by atoms with Crippen LogP contribution in [0.1, 0.15) is 15.9 Å². The predicted molar refractivity (Wildman–Crippen MR) is 95.4 cm³/mol. The van der Waals surface area contributed by atoms with Crippen LogP contribution in [-0.2, 0) is 6.42 Å². The van der Waals surface area contributed by atoms with Gasteiger partial charge in [0.1, 0.15) is 11.6 Å². The topological polar surface area (TPSA) is 32.8 Å². The van der Waals surface area contributed by atoms with Crippen molar-refractivity contribution in [3.05, 3.63) is 65.5 Å². The Kier molecular flexibility index (Phi) is 5.66. The van der Waals surface area contributed by atoms with Crippen molar-refractivity contribution in [3.8, 4) is 5.75 Å². The van der Waals surface area contributed by atoms with Gasteiger partial charge in [-0.2, -0.15) is 0 Å². The molecule has 1 aliphatic rings. The van der Waals surface area contributed by atoms with Crippen LogP contribution in [0, 0.1) is 5.82 Å². The molecule has 1 aliphatic heterocycles. The van der Waals surface area contributed by atoms with E-state index < -0.39 is 0 Å². The molecule has 1 fully saturated rings. The van der Waals surface area contributed by atoms with Crippen molar-refractivity contribution in [1.82, 2.24) is 9.80 Å². The lowest BCUT2D eigenvalue weighted by Crippen LogP contribution is -2.49. The van der Waals surface area contributed by atoms with E-state index in [1.165, 1.54) is 6.07 Å². The fourth-order valence-corrected chi connectivity index (χ4v) is 3.07. The number of carbonyl (C=O) groups is 1. The molecule has 0 aromatic heterocycles. The predicted octanol–water partition coefficient (Wildman–Crippen LogP) is 2.83. The average Bonchev–Trinajstić information content (AvgIpc) is 2.67. The maximum atomic E-state index is 13.7. The van der Waals surface area contributed by atoms with Crippen molar-refractivity contribution in [1.29, 1.82) is 0 Å². The van der Waals surface area contributed by atoms with Gasteiger partial charge in [-0.3, -0.25) is 9.69 Å². The third-order valence-corrected chi connectivity index (χ3v) is 4.65. The van der Waals surface area contributed by atoms with Crippen LogP contribution in [-0.4, -0.2) is 55.5 Å². The first-order valence-electron chi connectivity index (χ1n) is 8.56. The summed E-state index contributed by atoms with van der Waals surface area (Å²) in [5.74, 6) is 0.654. The average molecular weight is 342 g/mol. The highest BCUT2D eigenvalue weighted by molar-refractivity contribution is 5.94. The lowest BCUT2D eigenvalue weighted by molar-refractivity contribution is 0.0638. The molecule has 0 spiro atoms. The number of hydrogen-bond acceptors (Lipinski definition) is 3. The second kappa shape index (κ2) is 8.12. The summed E-state index contributed by atoms with van der Waals surface area (Å²) in [5, 5.41) is 0. The van der Waals surface area contributed by atoms with E-state index in [1.54, 1.807) is 37.4 Å². The zero-order valence-electron chi connectivity index (χ0n) is 14.5. The molecular weight excluding hydrogens is 319 g/mol. The molecule has 2 aromatic carbocycles. The van der Waals surface area contributed by atoms with Crippen LogP contribution in [0.4, 0.5) is 4.39 Å². The molecule has 2 aromatic rings. The highest BCUT2D eigenvalue weighted by atomic mass is 19.1. The first-order valence-corrected chi connectivity index (χ1v) is 8.56. The Bertz CT molecular complexity index is 710. The number of amides is 1. The first kappa shape index (κ1) is 17.4. The molecular formula is C20H23FN2O2. The monoisotopic (exact) mass is 342 g/mol. The van der Waals surface area contributed by atoms with Crippen molar-refractivity contribution >= 4 is 5.91 Å². The third-order valence-electron chi connectivity index (χ3n) is 4.65. The van der Waals surface area contributed by atoms with Gasteiger partial charge in [-0.25, -0.2) is 4.39 Å². The minimum Gasteiger partial charge on any atom is -0.497 e. The summed E-state index contributed by atoms with van der Waals surface area (Å²) in [5.41, 5.74) is 1.43. The van der Waals surface area contributed by atoms with Gasteiger partial charge in [0, 0.05) is 38.3 Å². The number of rotatable bonds is 5. The number of carbonyl (C=O) groups excluding carboxylic acids is 1. The molecule has 1 amide bonds. The van der Waals surface area contributed by atoms with E-state index in [2.05, 4.69) is 4.90 Å². The Labute approximate surface area is 147 Å². The van der Waals surface area contributed by atoms with Crippen LogP contribution >= 0.6 is 0 Å². The second-order valence-corrected chi connectivity index (χ2v) is 6.20. The van der Waals surface area contributed by atoms with Crippen molar-refractivity contribution in [2.75, 3.05) is 39.8 Å². The fourth-order valence-electron chi connectivity index (χ4n) is 3.07. The Morgan fingerprint density at radius 3 is 2.36 bits per heavy atom. The molecule has 0 unspecified atom stereocenters. The molecule has 0 radical (unpaired) electrons. The molecule has 25 heavy (non-hydrogen) atoms. The van der Waals surface area contributed by atoms with Crippen LogP contribution in [0.15, 0.2) is 48.5 Å². The van der Waals surface area contributed by atoms with Gasteiger partial charge in [0.15, 0.2) is 0 Å². The van der Waals surface area contributed by atoms with E-state index in [-0.39, 0.29) is 11.7 Å². The number of ether oxygens (including phenoxy) is 1. The zero-order valence-corrected chi connectivity index (χ0v) is 14.5. The molecule has 0 aliphatic carbocycles. The quantitative estimate of drug-likeness (QED) is 0.838. The normalized spacial score (nSPS) is 15.2. The van der Waals surface area contributed by atoms with Gasteiger partial charge in [-0.15, -0.1) is 0 Å². The van der Waals surface area contributed by atoms with Crippen LogP contribution in [0.2, 0.25) is 0 Å². The number of nitrogens with zero attached hydrogens (tertiary/aromatic N) is 2. The summed E-state index contributed by atoms with van der Waals surface area (Å²) >= 11 is 0. The van der Waals surface area contributed by atoms with Gasteiger partial charge in [0.2, 0.25) is 0 Å². The lowest BCUT2D eigenvalue weighted by atomic mass is 10.1. The van der Waals surface area contributed by atoms with Gasteiger partial charge in [0.05, 0.1) is 7.11 Å². The molecule has 0 atom stereocenters. The van der Waals surface area contributed by atoms with E-state index >= 15 is 0 Å². The van der Waals surface area contributed by atoms with Crippen molar-refractivity contribution < 1.29 is 13.9 Å². The van der Waals surface area contributed by atoms with E-state index in [1.807, 2.05) is 17.0 Å². The summed E-state index contributed by atoms with van der Waals surface area (Å²) in [4.78, 5) is 16.7. The highest BCUT2D eigenvalue weighted by Gasteiger charge is 2.22. The van der Waals surface area contributed by atoms with E-state index in [9.17, 15) is 9.18 Å². The Morgan fingerprint density at radius 1 is 1.04 bits per heavy atom. The SMILES string of the molecule is COc1ccc(C(=O)N2CCN(CCc3ccccc3F)CC2)cc1. The summed E-state index contributed by atoms with van der Waals surface area (Å²) in [7, 11) is 1.61. The summed E-state index contributed by atoms with van der Waals surface area (Å²) in [6.07, 6.45) is 0.694. The van der Waals surface area contributed by atoms with E-state index in [0.29, 0.717) is 25.1 Å². The summed E-state index contributed by atoms with van der Waals surface area (Å²) in [6, 6.07) is 14.1. The number of hydrogen-bond donors (Lipinski definition) is 0. The molecule has 0 saturated carbocycles. The Hall–Kier alpha value is -2.40. The zero-order chi connectivity index (χ0) is 17.6. The van der Waals surface area contributed by atoms with Gasteiger partial charge < -0.3 is 9.64 Å². The minimum atomic E-state index is -0.143. The van der Waals surface area contributed by atoms with Crippen LogP contribution in [0.3, 0.4) is 0 Å². The van der Waals surface area contributed by atoms with E-state index in [4.69, 9.17) is 4.74 Å². The third kappa shape index (κ3) is 4.37. The first-order chi connectivity index (χ1) is 12.2. The van der Waals surface area contributed by atoms with E-state index in [0.717, 1.165) is 30.9 Å². The van der Waals surface area contributed by atoms with Gasteiger partial charge in [-0.1, -0.05) is 18.2 Å². The van der Waals surface area contributed by atoms with Crippen LogP contribution < -0.4 is 4.74 Å². The van der Waals surface area contributed by atoms with Gasteiger partial charge in [0.25, 0.3) is 5.91 Å². The molecule has 5 heteroatoms. The van der Waals surface area contributed by atoms with Crippen molar-refractivity contribution in [3.63, 3.8) is 0 Å². The smallest absolute Gasteiger partial charge is 0.253 e. The molecule has 1 saturated heterocycles. The fraction of sp³-hybridized carbons (Fsp3) is 0.350. The molecule has 1 heterocycles. The van der Waals surface area contributed by atoms with Gasteiger partial charge >= 0.3 is 0 Å². The maximum Gasteiger partial charge on any atom is 0.253 e.